The van der Waals surface area contributed by atoms with E-state index in [2.05, 4.69) is 5.32 Å². The molecule has 0 saturated heterocycles. The van der Waals surface area contributed by atoms with Crippen LogP contribution >= 0.6 is 0 Å². The normalized spacial score (nSPS) is 24.7. The summed E-state index contributed by atoms with van der Waals surface area (Å²) in [4.78, 5) is 12.5. The average Bonchev–Trinajstić information content (AvgIpc) is 3.17. The van der Waals surface area contributed by atoms with Gasteiger partial charge >= 0.3 is 0 Å². The number of rotatable bonds is 3. The van der Waals surface area contributed by atoms with Gasteiger partial charge < -0.3 is 14.8 Å². The Hall–Kier alpha value is -2.56. The van der Waals surface area contributed by atoms with Gasteiger partial charge in [0.1, 0.15) is 5.82 Å². The first kappa shape index (κ1) is 15.7. The highest BCUT2D eigenvalue weighted by Gasteiger charge is 2.46. The summed E-state index contributed by atoms with van der Waals surface area (Å²) >= 11 is 0. The first-order chi connectivity index (χ1) is 12.6. The number of ether oxygens (including phenoxy) is 2. The molecule has 4 nitrogen and oxygen atoms in total. The predicted octanol–water partition coefficient (Wildman–Crippen LogP) is 4.61. The number of hydrogen-bond acceptors (Lipinski definition) is 3. The molecule has 2 aromatic rings. The Balaban J connectivity index is 1.27. The maximum atomic E-state index is 13.9. The van der Waals surface area contributed by atoms with Crippen LogP contribution < -0.4 is 14.8 Å². The third-order valence-electron chi connectivity index (χ3n) is 5.60. The molecule has 3 aliphatic rings. The molecular weight excluding hydrogens is 333 g/mol. The monoisotopic (exact) mass is 353 g/mol. The molecule has 5 rings (SSSR count). The Morgan fingerprint density at radius 2 is 1.85 bits per heavy atom. The van der Waals surface area contributed by atoms with Gasteiger partial charge in [0.15, 0.2) is 11.5 Å². The summed E-state index contributed by atoms with van der Waals surface area (Å²) in [6.45, 7) is 0. The van der Waals surface area contributed by atoms with Crippen LogP contribution in [0.1, 0.15) is 43.6 Å². The van der Waals surface area contributed by atoms with Gasteiger partial charge in [0.05, 0.1) is 0 Å². The lowest BCUT2D eigenvalue weighted by molar-refractivity contribution is -0.117. The van der Waals surface area contributed by atoms with Gasteiger partial charge in [-0.15, -0.1) is 0 Å². The number of hydrogen-bond donors (Lipinski definition) is 1. The Morgan fingerprint density at radius 1 is 1.08 bits per heavy atom. The molecule has 1 N–H and O–H groups in total. The van der Waals surface area contributed by atoms with Crippen LogP contribution in [-0.2, 0) is 4.79 Å². The minimum absolute atomic E-state index is 0.0352. The van der Waals surface area contributed by atoms with Gasteiger partial charge in [0.25, 0.3) is 5.79 Å². The Kier molecular flexibility index (Phi) is 3.45. The summed E-state index contributed by atoms with van der Waals surface area (Å²) in [6.07, 6.45) is 4.69. The van der Waals surface area contributed by atoms with Crippen molar-refractivity contribution in [2.45, 2.75) is 43.8 Å². The highest BCUT2D eigenvalue weighted by molar-refractivity contribution is 5.95. The van der Waals surface area contributed by atoms with Crippen LogP contribution in [0, 0.1) is 11.7 Å². The number of anilines is 1. The standard InChI is InChI=1S/C21H20FNO3/c22-17-6-2-1-5-14(17)15-12-16(15)20(24)23-13-7-8-18-19(11-13)26-21(25-18)9-3-4-10-21/h1-2,5-8,11,15-16H,3-4,9-10,12H2,(H,23,24)/t15-,16+/m0/s1. The first-order valence-corrected chi connectivity index (χ1v) is 9.21. The van der Waals surface area contributed by atoms with Gasteiger partial charge in [-0.3, -0.25) is 4.79 Å². The molecule has 2 aromatic carbocycles. The lowest BCUT2D eigenvalue weighted by Crippen LogP contribution is -2.34. The number of nitrogens with one attached hydrogen (secondary N) is 1. The van der Waals surface area contributed by atoms with E-state index in [1.54, 1.807) is 12.1 Å². The van der Waals surface area contributed by atoms with E-state index in [1.807, 2.05) is 24.3 Å². The quantitative estimate of drug-likeness (QED) is 0.877. The van der Waals surface area contributed by atoms with Gasteiger partial charge in [0.2, 0.25) is 5.91 Å². The molecule has 2 fully saturated rings. The fourth-order valence-electron chi connectivity index (χ4n) is 4.13. The predicted molar refractivity (Wildman–Crippen MR) is 94.8 cm³/mol. The van der Waals surface area contributed by atoms with Crippen molar-refractivity contribution in [1.82, 2.24) is 0 Å². The minimum Gasteiger partial charge on any atom is -0.448 e. The van der Waals surface area contributed by atoms with E-state index >= 15 is 0 Å². The van der Waals surface area contributed by atoms with E-state index in [1.165, 1.54) is 6.07 Å². The zero-order valence-electron chi connectivity index (χ0n) is 14.3. The maximum Gasteiger partial charge on any atom is 0.251 e. The summed E-state index contributed by atoms with van der Waals surface area (Å²) in [6, 6.07) is 12.2. The van der Waals surface area contributed by atoms with Crippen LogP contribution in [0.2, 0.25) is 0 Å². The van der Waals surface area contributed by atoms with Gasteiger partial charge in [0, 0.05) is 30.5 Å². The summed E-state index contributed by atoms with van der Waals surface area (Å²) in [5.41, 5.74) is 1.31. The van der Waals surface area contributed by atoms with Crippen molar-refractivity contribution in [3.05, 3.63) is 53.8 Å². The highest BCUT2D eigenvalue weighted by Crippen LogP contribution is 2.50. The van der Waals surface area contributed by atoms with Gasteiger partial charge in [-0.05, 0) is 48.9 Å². The SMILES string of the molecule is O=C(Nc1ccc2c(c1)OC1(CCCC1)O2)[C@@H]1C[C@H]1c1ccccc1F. The third-order valence-corrected chi connectivity index (χ3v) is 5.60. The van der Waals surface area contributed by atoms with Crippen molar-refractivity contribution in [2.24, 2.45) is 5.92 Å². The number of amides is 1. The fraction of sp³-hybridized carbons (Fsp3) is 0.381. The topological polar surface area (TPSA) is 47.6 Å². The molecular formula is C21H20FNO3. The molecule has 1 aliphatic heterocycles. The van der Waals surface area contributed by atoms with Gasteiger partial charge in [-0.1, -0.05) is 18.2 Å². The van der Waals surface area contributed by atoms with Crippen LogP contribution in [0.3, 0.4) is 0 Å². The second-order valence-electron chi connectivity index (χ2n) is 7.44. The molecule has 0 bridgehead atoms. The molecule has 5 heteroatoms. The van der Waals surface area contributed by atoms with Crippen molar-refractivity contribution in [3.63, 3.8) is 0 Å². The van der Waals surface area contributed by atoms with E-state index in [0.29, 0.717) is 23.4 Å². The fourth-order valence-corrected chi connectivity index (χ4v) is 4.13. The minimum atomic E-state index is -0.503. The number of benzene rings is 2. The second kappa shape index (κ2) is 5.73. The molecule has 1 amide bonds. The molecule has 2 atom stereocenters. The zero-order chi connectivity index (χ0) is 17.7. The Labute approximate surface area is 151 Å². The number of carbonyl (C=O) groups is 1. The number of carbonyl (C=O) groups excluding carboxylic acids is 1. The highest BCUT2D eigenvalue weighted by atomic mass is 19.1. The van der Waals surface area contributed by atoms with Crippen LogP contribution in [0.25, 0.3) is 0 Å². The molecule has 134 valence electrons. The molecule has 0 unspecified atom stereocenters. The molecule has 0 radical (unpaired) electrons. The largest absolute Gasteiger partial charge is 0.448 e. The van der Waals surface area contributed by atoms with Crippen molar-refractivity contribution >= 4 is 11.6 Å². The maximum absolute atomic E-state index is 13.9. The van der Waals surface area contributed by atoms with Gasteiger partial charge in [-0.25, -0.2) is 4.39 Å². The molecule has 0 aromatic heterocycles. The van der Waals surface area contributed by atoms with Crippen LogP contribution in [0.4, 0.5) is 10.1 Å². The van der Waals surface area contributed by atoms with E-state index in [-0.39, 0.29) is 23.6 Å². The Bertz CT molecular complexity index is 875. The summed E-state index contributed by atoms with van der Waals surface area (Å²) in [5.74, 6) is 0.389. The number of halogens is 1. The molecule has 1 spiro atoms. The van der Waals surface area contributed by atoms with Crippen molar-refractivity contribution < 1.29 is 18.7 Å². The third kappa shape index (κ3) is 2.62. The van der Waals surface area contributed by atoms with Crippen LogP contribution in [0.5, 0.6) is 11.5 Å². The zero-order valence-corrected chi connectivity index (χ0v) is 14.3. The smallest absolute Gasteiger partial charge is 0.251 e. The van der Waals surface area contributed by atoms with Gasteiger partial charge in [-0.2, -0.15) is 0 Å². The molecule has 2 saturated carbocycles. The molecule has 2 aliphatic carbocycles. The van der Waals surface area contributed by atoms with E-state index in [9.17, 15) is 9.18 Å². The van der Waals surface area contributed by atoms with Crippen molar-refractivity contribution in [2.75, 3.05) is 5.32 Å². The van der Waals surface area contributed by atoms with E-state index in [0.717, 1.165) is 31.4 Å². The van der Waals surface area contributed by atoms with Crippen molar-refractivity contribution in [1.29, 1.82) is 0 Å². The number of fused-ring (bicyclic) bond motifs is 1. The van der Waals surface area contributed by atoms with E-state index < -0.39 is 5.79 Å². The molecule has 26 heavy (non-hydrogen) atoms. The lowest BCUT2D eigenvalue weighted by atomic mass is 10.1. The summed E-state index contributed by atoms with van der Waals surface area (Å²) in [5, 5.41) is 2.93. The molecule has 1 heterocycles. The summed E-state index contributed by atoms with van der Waals surface area (Å²) < 4.78 is 25.9. The summed E-state index contributed by atoms with van der Waals surface area (Å²) in [7, 11) is 0. The lowest BCUT2D eigenvalue weighted by Gasteiger charge is -2.21. The Morgan fingerprint density at radius 3 is 2.65 bits per heavy atom. The average molecular weight is 353 g/mol. The van der Waals surface area contributed by atoms with E-state index in [4.69, 9.17) is 9.47 Å². The van der Waals surface area contributed by atoms with Crippen LogP contribution in [0.15, 0.2) is 42.5 Å². The second-order valence-corrected chi connectivity index (χ2v) is 7.44. The van der Waals surface area contributed by atoms with Crippen LogP contribution in [-0.4, -0.2) is 11.7 Å². The van der Waals surface area contributed by atoms with Crippen molar-refractivity contribution in [3.8, 4) is 11.5 Å². The first-order valence-electron chi connectivity index (χ1n) is 9.21.